The van der Waals surface area contributed by atoms with Crippen molar-refractivity contribution < 1.29 is 9.15 Å². The van der Waals surface area contributed by atoms with Crippen LogP contribution in [-0.2, 0) is 23.7 Å². The summed E-state index contributed by atoms with van der Waals surface area (Å²) in [5, 5.41) is 0. The second-order valence-corrected chi connectivity index (χ2v) is 3.92. The molecule has 1 aromatic carbocycles. The Morgan fingerprint density at radius 2 is 1.62 bits per heavy atom. The predicted molar refractivity (Wildman–Crippen MR) is 66.3 cm³/mol. The van der Waals surface area contributed by atoms with Crippen LogP contribution in [-0.4, -0.2) is 0 Å². The molecule has 0 aliphatic rings. The molecule has 2 rings (SSSR count). The lowest BCUT2D eigenvalue weighted by Gasteiger charge is -2.03. The molecule has 1 heterocycles. The van der Waals surface area contributed by atoms with Gasteiger partial charge in [-0.25, -0.2) is 0 Å². The van der Waals surface area contributed by atoms with Gasteiger partial charge in [0.05, 0.1) is 25.7 Å². The number of ether oxygens (including phenoxy) is 1. The Hall–Kier alpha value is -1.19. The first-order valence-electron chi connectivity index (χ1n) is 5.16. The zero-order valence-electron chi connectivity index (χ0n) is 8.93. The molecule has 0 fully saturated rings. The molecule has 0 aliphatic heterocycles. The van der Waals surface area contributed by atoms with E-state index in [0.29, 0.717) is 13.2 Å². The fourth-order valence-electron chi connectivity index (χ4n) is 1.40. The summed E-state index contributed by atoms with van der Waals surface area (Å²) in [5.74, 6) is 0.774. The van der Waals surface area contributed by atoms with Gasteiger partial charge in [0.15, 0.2) is 0 Å². The average molecular weight is 234 g/mol. The Morgan fingerprint density at radius 3 is 2.25 bits per heavy atom. The maximum atomic E-state index is 5.56. The van der Waals surface area contributed by atoms with Crippen LogP contribution in [0.25, 0.3) is 0 Å². The van der Waals surface area contributed by atoms with Crippen molar-refractivity contribution in [3.05, 3.63) is 59.5 Å². The highest BCUT2D eigenvalue weighted by Crippen LogP contribution is 2.09. The molecule has 0 spiro atoms. The third kappa shape index (κ3) is 3.15. The Kier molecular flexibility index (Phi) is 4.08. The van der Waals surface area contributed by atoms with E-state index in [4.69, 9.17) is 9.15 Å². The molecule has 0 saturated heterocycles. The van der Waals surface area contributed by atoms with Crippen molar-refractivity contribution in [1.29, 1.82) is 0 Å². The van der Waals surface area contributed by atoms with Gasteiger partial charge in [0, 0.05) is 11.3 Å². The zero-order valence-corrected chi connectivity index (χ0v) is 9.82. The van der Waals surface area contributed by atoms with Crippen molar-refractivity contribution >= 4 is 12.6 Å². The Balaban J connectivity index is 1.81. The highest BCUT2D eigenvalue weighted by Gasteiger charge is 1.96. The molecule has 0 atom stereocenters. The van der Waals surface area contributed by atoms with Gasteiger partial charge in [-0.15, -0.1) is 0 Å². The monoisotopic (exact) mass is 234 g/mol. The fourth-order valence-corrected chi connectivity index (χ4v) is 1.61. The minimum Gasteiger partial charge on any atom is -0.472 e. The molecule has 0 amide bonds. The minimum atomic E-state index is 0.588. The molecule has 16 heavy (non-hydrogen) atoms. The van der Waals surface area contributed by atoms with Gasteiger partial charge in [-0.3, -0.25) is 0 Å². The molecule has 0 aliphatic carbocycles. The first kappa shape index (κ1) is 11.3. The second-order valence-electron chi connectivity index (χ2n) is 3.60. The van der Waals surface area contributed by atoms with Crippen molar-refractivity contribution in [2.45, 2.75) is 19.0 Å². The van der Waals surface area contributed by atoms with Gasteiger partial charge < -0.3 is 9.15 Å². The first-order valence-corrected chi connectivity index (χ1v) is 5.79. The largest absolute Gasteiger partial charge is 0.472 e. The van der Waals surface area contributed by atoms with Crippen LogP contribution >= 0.6 is 12.6 Å². The van der Waals surface area contributed by atoms with E-state index < -0.39 is 0 Å². The van der Waals surface area contributed by atoms with Gasteiger partial charge >= 0.3 is 0 Å². The Labute approximate surface area is 101 Å². The van der Waals surface area contributed by atoms with Gasteiger partial charge in [0.2, 0.25) is 0 Å². The van der Waals surface area contributed by atoms with Gasteiger partial charge in [-0.1, -0.05) is 24.3 Å². The van der Waals surface area contributed by atoms with E-state index >= 15 is 0 Å². The summed E-state index contributed by atoms with van der Waals surface area (Å²) < 4.78 is 10.5. The lowest BCUT2D eigenvalue weighted by molar-refractivity contribution is 0.107. The maximum Gasteiger partial charge on any atom is 0.0957 e. The van der Waals surface area contributed by atoms with Crippen LogP contribution in [0.2, 0.25) is 0 Å². The summed E-state index contributed by atoms with van der Waals surface area (Å²) in [6.07, 6.45) is 3.35. The maximum absolute atomic E-state index is 5.56. The minimum absolute atomic E-state index is 0.588. The second kappa shape index (κ2) is 5.77. The van der Waals surface area contributed by atoms with Crippen LogP contribution in [0.1, 0.15) is 16.7 Å². The highest BCUT2D eigenvalue weighted by molar-refractivity contribution is 7.79. The molecule has 0 unspecified atom stereocenters. The predicted octanol–water partition coefficient (Wildman–Crippen LogP) is 3.43. The number of hydrogen-bond acceptors (Lipinski definition) is 3. The van der Waals surface area contributed by atoms with E-state index in [1.165, 1.54) is 11.1 Å². The lowest BCUT2D eigenvalue weighted by atomic mass is 10.2. The van der Waals surface area contributed by atoms with Crippen molar-refractivity contribution in [3.63, 3.8) is 0 Å². The van der Waals surface area contributed by atoms with Crippen molar-refractivity contribution in [3.8, 4) is 0 Å². The summed E-state index contributed by atoms with van der Waals surface area (Å²) >= 11 is 4.21. The van der Waals surface area contributed by atoms with E-state index in [-0.39, 0.29) is 0 Å². The Bertz CT molecular complexity index is 406. The number of thiol groups is 1. The van der Waals surface area contributed by atoms with Crippen molar-refractivity contribution in [2.75, 3.05) is 0 Å². The first-order chi connectivity index (χ1) is 7.88. The van der Waals surface area contributed by atoms with Gasteiger partial charge in [0.25, 0.3) is 0 Å². The number of rotatable bonds is 5. The lowest BCUT2D eigenvalue weighted by Crippen LogP contribution is -1.93. The molecule has 3 heteroatoms. The van der Waals surface area contributed by atoms with Crippen molar-refractivity contribution in [1.82, 2.24) is 0 Å². The topological polar surface area (TPSA) is 22.4 Å². The molecular weight excluding hydrogens is 220 g/mol. The van der Waals surface area contributed by atoms with Gasteiger partial charge in [0.1, 0.15) is 0 Å². The molecule has 2 nitrogen and oxygen atoms in total. The smallest absolute Gasteiger partial charge is 0.0957 e. The average Bonchev–Trinajstić information content (AvgIpc) is 2.83. The van der Waals surface area contributed by atoms with Crippen LogP contribution in [0.4, 0.5) is 0 Å². The molecule has 0 radical (unpaired) electrons. The number of furan rings is 1. The number of benzene rings is 1. The third-order valence-corrected chi connectivity index (χ3v) is 2.69. The molecule has 0 bridgehead atoms. The van der Waals surface area contributed by atoms with Crippen molar-refractivity contribution in [2.24, 2.45) is 0 Å². The summed E-state index contributed by atoms with van der Waals surface area (Å²) in [5.41, 5.74) is 3.46. The van der Waals surface area contributed by atoms with Crippen LogP contribution in [0.5, 0.6) is 0 Å². The number of hydrogen-bond donors (Lipinski definition) is 1. The van der Waals surface area contributed by atoms with Crippen LogP contribution in [0.3, 0.4) is 0 Å². The zero-order chi connectivity index (χ0) is 11.2. The summed E-state index contributed by atoms with van der Waals surface area (Å²) in [4.78, 5) is 0. The van der Waals surface area contributed by atoms with Crippen LogP contribution < -0.4 is 0 Å². The molecule has 84 valence electrons. The SMILES string of the molecule is SCc1ccc(COCc2ccoc2)cc1. The quantitative estimate of drug-likeness (QED) is 0.801. The van der Waals surface area contributed by atoms with Crippen LogP contribution in [0.15, 0.2) is 47.3 Å². The summed E-state index contributed by atoms with van der Waals surface area (Å²) in [7, 11) is 0. The van der Waals surface area contributed by atoms with E-state index in [0.717, 1.165) is 11.3 Å². The third-order valence-electron chi connectivity index (χ3n) is 2.32. The van der Waals surface area contributed by atoms with Gasteiger partial charge in [-0.05, 0) is 17.2 Å². The highest BCUT2D eigenvalue weighted by atomic mass is 32.1. The van der Waals surface area contributed by atoms with E-state index in [2.05, 4.69) is 36.9 Å². The fraction of sp³-hybridized carbons (Fsp3) is 0.231. The van der Waals surface area contributed by atoms with E-state index in [1.54, 1.807) is 12.5 Å². The Morgan fingerprint density at radius 1 is 0.938 bits per heavy atom. The molecule has 0 N–H and O–H groups in total. The molecule has 1 aromatic heterocycles. The standard InChI is InChI=1S/C13H14O2S/c16-10-12-3-1-11(2-4-12)7-15-9-13-5-6-14-8-13/h1-6,8,16H,7,9-10H2. The van der Waals surface area contributed by atoms with Crippen LogP contribution in [0, 0.1) is 0 Å². The van der Waals surface area contributed by atoms with Gasteiger partial charge in [-0.2, -0.15) is 12.6 Å². The molecule has 2 aromatic rings. The molecule has 0 saturated carbocycles. The van der Waals surface area contributed by atoms with E-state index in [1.807, 2.05) is 6.07 Å². The normalized spacial score (nSPS) is 10.6. The summed E-state index contributed by atoms with van der Waals surface area (Å²) in [6, 6.07) is 10.2. The molecular formula is C13H14O2S. The van der Waals surface area contributed by atoms with E-state index in [9.17, 15) is 0 Å². The summed E-state index contributed by atoms with van der Waals surface area (Å²) in [6.45, 7) is 1.21.